The minimum atomic E-state index is -1.45. The van der Waals surface area contributed by atoms with Gasteiger partial charge in [0.2, 0.25) is 0 Å². The largest absolute Gasteiger partial charge is 0.508 e. The molecule has 3 rings (SSSR count). The second-order valence-corrected chi connectivity index (χ2v) is 6.47. The molecule has 1 aromatic carbocycles. The first-order valence-electron chi connectivity index (χ1n) is 8.61. The standard InChI is InChI=1S/C18H20N2O9/c1-8-5-9(22)6-10(27-2)13(8)17(25)29-15-14(24)11(7-21)28-16(15)20-4-3-12(23)19-18(20)26/h3-6,11,14-16,21-22,24H,7H2,1-2H3,(H,19,23,26)/t11-,14-,15-,16-/m1/s1. The molecule has 0 radical (unpaired) electrons. The number of hydrogen-bond acceptors (Lipinski definition) is 9. The Kier molecular flexibility index (Phi) is 5.73. The number of phenols is 1. The predicted molar refractivity (Wildman–Crippen MR) is 96.9 cm³/mol. The zero-order valence-corrected chi connectivity index (χ0v) is 15.6. The maximum atomic E-state index is 12.8. The first-order chi connectivity index (χ1) is 13.8. The summed E-state index contributed by atoms with van der Waals surface area (Å²) in [6.45, 7) is 0.965. The highest BCUT2D eigenvalue weighted by Gasteiger charge is 2.47. The van der Waals surface area contributed by atoms with Gasteiger partial charge in [0.25, 0.3) is 5.56 Å². The number of aromatic amines is 1. The van der Waals surface area contributed by atoms with Crippen LogP contribution < -0.4 is 16.0 Å². The lowest BCUT2D eigenvalue weighted by atomic mass is 10.1. The molecule has 0 unspecified atom stereocenters. The van der Waals surface area contributed by atoms with Crippen molar-refractivity contribution < 1.29 is 34.3 Å². The van der Waals surface area contributed by atoms with Gasteiger partial charge in [-0.15, -0.1) is 0 Å². The first kappa shape index (κ1) is 20.6. The van der Waals surface area contributed by atoms with Crippen LogP contribution in [0, 0.1) is 6.92 Å². The van der Waals surface area contributed by atoms with Crippen molar-refractivity contribution in [2.24, 2.45) is 0 Å². The van der Waals surface area contributed by atoms with Gasteiger partial charge in [0.15, 0.2) is 12.3 Å². The minimum absolute atomic E-state index is 0.0116. The molecule has 4 atom stereocenters. The van der Waals surface area contributed by atoms with Crippen molar-refractivity contribution in [2.75, 3.05) is 13.7 Å². The molecule has 0 spiro atoms. The Morgan fingerprint density at radius 1 is 1.34 bits per heavy atom. The summed E-state index contributed by atoms with van der Waals surface area (Å²) in [7, 11) is 1.31. The number of aryl methyl sites for hydroxylation is 1. The minimum Gasteiger partial charge on any atom is -0.508 e. The molecule has 1 aliphatic rings. The third-order valence-corrected chi connectivity index (χ3v) is 4.57. The summed E-state index contributed by atoms with van der Waals surface area (Å²) in [6.07, 6.45) is -4.11. The van der Waals surface area contributed by atoms with Gasteiger partial charge in [-0.3, -0.25) is 14.3 Å². The van der Waals surface area contributed by atoms with Crippen LogP contribution >= 0.6 is 0 Å². The lowest BCUT2D eigenvalue weighted by Crippen LogP contribution is -2.40. The second kappa shape index (κ2) is 8.07. The fraction of sp³-hybridized carbons (Fsp3) is 0.389. The smallest absolute Gasteiger partial charge is 0.342 e. The molecular weight excluding hydrogens is 388 g/mol. The summed E-state index contributed by atoms with van der Waals surface area (Å²) in [4.78, 5) is 38.3. The normalized spacial score (nSPS) is 23.7. The van der Waals surface area contributed by atoms with Crippen molar-refractivity contribution in [3.63, 3.8) is 0 Å². The van der Waals surface area contributed by atoms with Crippen molar-refractivity contribution in [1.82, 2.24) is 9.55 Å². The fourth-order valence-corrected chi connectivity index (χ4v) is 3.19. The van der Waals surface area contributed by atoms with Crippen molar-refractivity contribution >= 4 is 5.97 Å². The lowest BCUT2D eigenvalue weighted by molar-refractivity contribution is -0.0604. The molecule has 2 heterocycles. The Bertz CT molecular complexity index is 1030. The van der Waals surface area contributed by atoms with Crippen molar-refractivity contribution in [3.05, 3.63) is 56.4 Å². The SMILES string of the molecule is COc1cc(O)cc(C)c1C(=O)O[C@@H]1[C@H](O)[C@@H](CO)O[C@H]1n1ccc(=O)[nH]c1=O. The van der Waals surface area contributed by atoms with E-state index in [0.717, 1.165) is 16.8 Å². The number of nitrogens with zero attached hydrogens (tertiary/aromatic N) is 1. The van der Waals surface area contributed by atoms with Crippen LogP contribution in [0.2, 0.25) is 0 Å². The van der Waals surface area contributed by atoms with Crippen molar-refractivity contribution in [2.45, 2.75) is 31.5 Å². The number of aliphatic hydroxyl groups is 2. The van der Waals surface area contributed by atoms with Crippen molar-refractivity contribution in [1.29, 1.82) is 0 Å². The number of nitrogens with one attached hydrogen (secondary N) is 1. The van der Waals surface area contributed by atoms with Gasteiger partial charge in [-0.05, 0) is 18.6 Å². The van der Waals surface area contributed by atoms with Crippen LogP contribution in [0.25, 0.3) is 0 Å². The van der Waals surface area contributed by atoms with Crippen LogP contribution in [-0.4, -0.2) is 62.9 Å². The number of aliphatic hydroxyl groups excluding tert-OH is 2. The number of hydrogen-bond donors (Lipinski definition) is 4. The number of rotatable bonds is 5. The molecule has 4 N–H and O–H groups in total. The highest BCUT2D eigenvalue weighted by atomic mass is 16.6. The molecule has 11 heteroatoms. The van der Waals surface area contributed by atoms with E-state index in [1.165, 1.54) is 19.2 Å². The van der Waals surface area contributed by atoms with Gasteiger partial charge >= 0.3 is 11.7 Å². The molecule has 1 aromatic heterocycles. The Morgan fingerprint density at radius 2 is 2.07 bits per heavy atom. The summed E-state index contributed by atoms with van der Waals surface area (Å²) in [5.41, 5.74) is -1.11. The maximum Gasteiger partial charge on any atom is 0.342 e. The van der Waals surface area contributed by atoms with Gasteiger partial charge in [0.05, 0.1) is 13.7 Å². The molecule has 0 bridgehead atoms. The van der Waals surface area contributed by atoms with Crippen molar-refractivity contribution in [3.8, 4) is 11.5 Å². The zero-order chi connectivity index (χ0) is 21.3. The number of ether oxygens (including phenoxy) is 3. The van der Waals surface area contributed by atoms with Crippen LogP contribution in [0.4, 0.5) is 0 Å². The van der Waals surface area contributed by atoms with E-state index >= 15 is 0 Å². The molecule has 1 fully saturated rings. The Morgan fingerprint density at radius 3 is 2.69 bits per heavy atom. The number of esters is 1. The number of benzene rings is 1. The molecule has 1 saturated heterocycles. The van der Waals surface area contributed by atoms with Crippen LogP contribution in [0.3, 0.4) is 0 Å². The van der Waals surface area contributed by atoms with E-state index in [9.17, 15) is 29.7 Å². The quantitative estimate of drug-likeness (QED) is 0.457. The number of carbonyl (C=O) groups is 1. The summed E-state index contributed by atoms with van der Waals surface area (Å²) in [5.74, 6) is -0.955. The molecule has 2 aromatic rings. The van der Waals surface area contributed by atoms with E-state index in [-0.39, 0.29) is 17.1 Å². The number of aromatic hydroxyl groups is 1. The summed E-state index contributed by atoms with van der Waals surface area (Å²) in [6, 6.07) is 3.63. The van der Waals surface area contributed by atoms with Crippen LogP contribution in [0.5, 0.6) is 11.5 Å². The third kappa shape index (κ3) is 3.88. The zero-order valence-electron chi connectivity index (χ0n) is 15.6. The lowest BCUT2D eigenvalue weighted by Gasteiger charge is -2.23. The third-order valence-electron chi connectivity index (χ3n) is 4.57. The number of carbonyl (C=O) groups excluding carboxylic acids is 1. The number of aromatic nitrogens is 2. The molecule has 11 nitrogen and oxygen atoms in total. The maximum absolute atomic E-state index is 12.8. The van der Waals surface area contributed by atoms with E-state index in [1.54, 1.807) is 6.92 Å². The highest BCUT2D eigenvalue weighted by Crippen LogP contribution is 2.34. The van der Waals surface area contributed by atoms with E-state index in [1.807, 2.05) is 4.98 Å². The fourth-order valence-electron chi connectivity index (χ4n) is 3.19. The molecule has 0 amide bonds. The average molecular weight is 408 g/mol. The summed E-state index contributed by atoms with van der Waals surface area (Å²) in [5, 5.41) is 29.5. The molecule has 29 heavy (non-hydrogen) atoms. The Labute approximate surface area is 163 Å². The number of phenolic OH excluding ortho intramolecular Hbond substituents is 1. The van der Waals surface area contributed by atoms with Gasteiger partial charge in [-0.2, -0.15) is 0 Å². The van der Waals surface area contributed by atoms with Crippen LogP contribution in [0.15, 0.2) is 34.0 Å². The summed E-state index contributed by atoms with van der Waals surface area (Å²) < 4.78 is 17.0. The second-order valence-electron chi connectivity index (χ2n) is 6.47. The van der Waals surface area contributed by atoms with Gasteiger partial charge in [-0.25, -0.2) is 9.59 Å². The highest BCUT2D eigenvalue weighted by molar-refractivity contribution is 5.94. The van der Waals surface area contributed by atoms with Gasteiger partial charge < -0.3 is 29.5 Å². The molecule has 0 saturated carbocycles. The predicted octanol–water partition coefficient (Wildman–Crippen LogP) is -0.965. The van der Waals surface area contributed by atoms with Crippen LogP contribution in [-0.2, 0) is 9.47 Å². The summed E-state index contributed by atoms with van der Waals surface area (Å²) >= 11 is 0. The Balaban J connectivity index is 1.98. The van der Waals surface area contributed by atoms with E-state index in [4.69, 9.17) is 14.2 Å². The van der Waals surface area contributed by atoms with Crippen LogP contribution in [0.1, 0.15) is 22.1 Å². The van der Waals surface area contributed by atoms with E-state index in [0.29, 0.717) is 5.56 Å². The molecular formula is C18H20N2O9. The number of methoxy groups -OCH3 is 1. The topological polar surface area (TPSA) is 160 Å². The molecule has 1 aliphatic heterocycles. The number of H-pyrrole nitrogens is 1. The molecule has 156 valence electrons. The average Bonchev–Trinajstić information content (AvgIpc) is 2.96. The van der Waals surface area contributed by atoms with Gasteiger partial charge in [0, 0.05) is 18.3 Å². The Hall–Kier alpha value is -3.15. The van der Waals surface area contributed by atoms with Gasteiger partial charge in [0.1, 0.15) is 29.3 Å². The van der Waals surface area contributed by atoms with E-state index in [2.05, 4.69) is 0 Å². The first-order valence-corrected chi connectivity index (χ1v) is 8.61. The van der Waals surface area contributed by atoms with Gasteiger partial charge in [-0.1, -0.05) is 0 Å². The molecule has 0 aliphatic carbocycles. The monoisotopic (exact) mass is 408 g/mol. The van der Waals surface area contributed by atoms with E-state index < -0.39 is 48.4 Å².